The van der Waals surface area contributed by atoms with Gasteiger partial charge in [0, 0.05) is 6.20 Å². The Balaban J connectivity index is 2.76. The van der Waals surface area contributed by atoms with Crippen LogP contribution in [0.2, 0.25) is 0 Å². The Morgan fingerprint density at radius 2 is 2.15 bits per heavy atom. The van der Waals surface area contributed by atoms with Crippen LogP contribution in [0.15, 0.2) is 18.3 Å². The SMILES string of the molecule is [B]c1cccn1C(=O)OC(C)(C)C. The lowest BCUT2D eigenvalue weighted by molar-refractivity contribution is 0.0542. The molecule has 0 saturated carbocycles. The van der Waals surface area contributed by atoms with E-state index in [4.69, 9.17) is 12.6 Å². The quantitative estimate of drug-likeness (QED) is 0.555. The highest BCUT2D eigenvalue weighted by atomic mass is 16.6. The molecule has 0 fully saturated rings. The number of carbonyl (C=O) groups is 1. The summed E-state index contributed by atoms with van der Waals surface area (Å²) in [6.45, 7) is 5.43. The number of ether oxygens (including phenoxy) is 1. The summed E-state index contributed by atoms with van der Waals surface area (Å²) in [7, 11) is 5.52. The van der Waals surface area contributed by atoms with Crippen LogP contribution in [0.25, 0.3) is 0 Å². The molecule has 0 aliphatic rings. The zero-order valence-corrected chi connectivity index (χ0v) is 8.07. The van der Waals surface area contributed by atoms with Crippen LogP contribution in [0, 0.1) is 0 Å². The Hall–Kier alpha value is -1.19. The van der Waals surface area contributed by atoms with E-state index in [1.54, 1.807) is 18.3 Å². The Bertz CT molecular complexity index is 312. The molecule has 0 aliphatic carbocycles. The van der Waals surface area contributed by atoms with Gasteiger partial charge in [0.05, 0.1) is 0 Å². The first-order valence-electron chi connectivity index (χ1n) is 4.06. The molecule has 1 rings (SSSR count). The molecule has 0 N–H and O–H groups in total. The third-order valence-electron chi connectivity index (χ3n) is 1.37. The van der Waals surface area contributed by atoms with Crippen LogP contribution in [0.3, 0.4) is 0 Å². The van der Waals surface area contributed by atoms with Crippen LogP contribution in [0.5, 0.6) is 0 Å². The van der Waals surface area contributed by atoms with E-state index >= 15 is 0 Å². The molecule has 1 heterocycles. The maximum absolute atomic E-state index is 11.4. The van der Waals surface area contributed by atoms with E-state index in [1.165, 1.54) is 4.57 Å². The molecular formula is C9H12BNO2. The van der Waals surface area contributed by atoms with Crippen molar-refractivity contribution in [1.29, 1.82) is 0 Å². The number of hydrogen-bond acceptors (Lipinski definition) is 2. The normalized spacial score (nSPS) is 11.3. The van der Waals surface area contributed by atoms with Gasteiger partial charge in [-0.05, 0) is 32.4 Å². The van der Waals surface area contributed by atoms with E-state index in [2.05, 4.69) is 0 Å². The van der Waals surface area contributed by atoms with Crippen molar-refractivity contribution in [2.45, 2.75) is 26.4 Å². The van der Waals surface area contributed by atoms with E-state index in [9.17, 15) is 4.79 Å². The monoisotopic (exact) mass is 177 g/mol. The number of rotatable bonds is 0. The predicted molar refractivity (Wildman–Crippen MR) is 51.5 cm³/mol. The molecule has 13 heavy (non-hydrogen) atoms. The first-order valence-corrected chi connectivity index (χ1v) is 4.06. The van der Waals surface area contributed by atoms with Crippen LogP contribution in [0.1, 0.15) is 20.8 Å². The Kier molecular flexibility index (Phi) is 2.50. The van der Waals surface area contributed by atoms with Crippen molar-refractivity contribution in [3.8, 4) is 0 Å². The Labute approximate surface area is 79.1 Å². The second kappa shape index (κ2) is 3.28. The molecule has 0 atom stereocenters. The summed E-state index contributed by atoms with van der Waals surface area (Å²) in [5.74, 6) is 0. The molecule has 3 nitrogen and oxygen atoms in total. The molecule has 0 amide bonds. The summed E-state index contributed by atoms with van der Waals surface area (Å²) in [6.07, 6.45) is 1.12. The van der Waals surface area contributed by atoms with E-state index in [-0.39, 0.29) is 0 Å². The van der Waals surface area contributed by atoms with Gasteiger partial charge in [-0.1, -0.05) is 6.07 Å². The topological polar surface area (TPSA) is 31.2 Å². The van der Waals surface area contributed by atoms with Crippen molar-refractivity contribution in [2.75, 3.05) is 0 Å². The highest BCUT2D eigenvalue weighted by Gasteiger charge is 2.17. The molecule has 0 aliphatic heterocycles. The van der Waals surface area contributed by atoms with Gasteiger partial charge in [0.15, 0.2) is 0 Å². The number of hydrogen-bond donors (Lipinski definition) is 0. The van der Waals surface area contributed by atoms with E-state index in [0.717, 1.165) is 0 Å². The van der Waals surface area contributed by atoms with Gasteiger partial charge in [-0.25, -0.2) is 4.79 Å². The molecule has 2 radical (unpaired) electrons. The zero-order chi connectivity index (χ0) is 10.1. The third-order valence-corrected chi connectivity index (χ3v) is 1.37. The van der Waals surface area contributed by atoms with Crippen LogP contribution >= 0.6 is 0 Å². The molecule has 0 aromatic carbocycles. The number of nitrogens with zero attached hydrogens (tertiary/aromatic N) is 1. The molecule has 4 heteroatoms. The first-order chi connectivity index (χ1) is 5.90. The van der Waals surface area contributed by atoms with Gasteiger partial charge in [-0.3, -0.25) is 4.57 Å². The summed E-state index contributed by atoms with van der Waals surface area (Å²) in [4.78, 5) is 11.4. The highest BCUT2D eigenvalue weighted by molar-refractivity contribution is 6.32. The lowest BCUT2D eigenvalue weighted by Crippen LogP contribution is -2.31. The summed E-state index contributed by atoms with van der Waals surface area (Å²) >= 11 is 0. The molecular weight excluding hydrogens is 165 g/mol. The van der Waals surface area contributed by atoms with Crippen LogP contribution in [-0.2, 0) is 4.74 Å². The number of aromatic nitrogens is 1. The average molecular weight is 177 g/mol. The fourth-order valence-corrected chi connectivity index (χ4v) is 0.871. The third kappa shape index (κ3) is 2.65. The van der Waals surface area contributed by atoms with Crippen molar-refractivity contribution in [2.24, 2.45) is 0 Å². The van der Waals surface area contributed by atoms with Gasteiger partial charge in [0.2, 0.25) is 0 Å². The van der Waals surface area contributed by atoms with Gasteiger partial charge in [-0.15, -0.1) is 0 Å². The van der Waals surface area contributed by atoms with Crippen molar-refractivity contribution in [1.82, 2.24) is 4.57 Å². The highest BCUT2D eigenvalue weighted by Crippen LogP contribution is 2.08. The molecule has 0 bridgehead atoms. The van der Waals surface area contributed by atoms with Gasteiger partial charge < -0.3 is 4.74 Å². The Morgan fingerprint density at radius 3 is 2.54 bits per heavy atom. The second-order valence-corrected chi connectivity index (χ2v) is 3.78. The maximum atomic E-state index is 11.4. The van der Waals surface area contributed by atoms with E-state index in [1.807, 2.05) is 20.8 Å². The van der Waals surface area contributed by atoms with E-state index in [0.29, 0.717) is 5.59 Å². The molecule has 0 spiro atoms. The van der Waals surface area contributed by atoms with Crippen LogP contribution < -0.4 is 5.59 Å². The Morgan fingerprint density at radius 1 is 1.54 bits per heavy atom. The second-order valence-electron chi connectivity index (χ2n) is 3.78. The van der Waals surface area contributed by atoms with Gasteiger partial charge >= 0.3 is 6.09 Å². The zero-order valence-electron chi connectivity index (χ0n) is 8.07. The minimum absolute atomic E-state index is 0.384. The fourth-order valence-electron chi connectivity index (χ4n) is 0.871. The largest absolute Gasteiger partial charge is 0.443 e. The first kappa shape index (κ1) is 9.90. The fraction of sp³-hybridized carbons (Fsp3) is 0.444. The maximum Gasteiger partial charge on any atom is 0.417 e. The average Bonchev–Trinajstić information content (AvgIpc) is 2.30. The van der Waals surface area contributed by atoms with Crippen molar-refractivity contribution in [3.05, 3.63) is 18.3 Å². The molecule has 0 unspecified atom stereocenters. The molecule has 68 valence electrons. The van der Waals surface area contributed by atoms with Gasteiger partial charge in [0.25, 0.3) is 0 Å². The predicted octanol–water partition coefficient (Wildman–Crippen LogP) is 1.07. The lowest BCUT2D eigenvalue weighted by Gasteiger charge is -2.20. The molecule has 1 aromatic rings. The minimum Gasteiger partial charge on any atom is -0.443 e. The lowest BCUT2D eigenvalue weighted by atomic mass is 10.1. The summed E-state index contributed by atoms with van der Waals surface area (Å²) in [5.41, 5.74) is -0.109. The van der Waals surface area contributed by atoms with Crippen LogP contribution in [-0.4, -0.2) is 24.1 Å². The summed E-state index contributed by atoms with van der Waals surface area (Å²) in [6, 6.07) is 3.34. The molecule has 0 saturated heterocycles. The van der Waals surface area contributed by atoms with Crippen molar-refractivity contribution < 1.29 is 9.53 Å². The smallest absolute Gasteiger partial charge is 0.417 e. The van der Waals surface area contributed by atoms with E-state index < -0.39 is 11.7 Å². The number of carbonyl (C=O) groups excluding carboxylic acids is 1. The van der Waals surface area contributed by atoms with Crippen molar-refractivity contribution in [3.63, 3.8) is 0 Å². The molecule has 1 aromatic heterocycles. The summed E-state index contributed by atoms with van der Waals surface area (Å²) in [5, 5.41) is 0. The van der Waals surface area contributed by atoms with Gasteiger partial charge in [-0.2, -0.15) is 0 Å². The van der Waals surface area contributed by atoms with Crippen LogP contribution in [0.4, 0.5) is 4.79 Å². The van der Waals surface area contributed by atoms with Gasteiger partial charge in [0.1, 0.15) is 13.4 Å². The van der Waals surface area contributed by atoms with Crippen molar-refractivity contribution >= 4 is 19.5 Å². The summed E-state index contributed by atoms with van der Waals surface area (Å²) < 4.78 is 6.38. The standard InChI is InChI=1S/C9H12BNO2/c1-9(2,3)13-8(12)11-6-4-5-7(11)10/h4-6H,1-3H3. The minimum atomic E-state index is -0.492.